The molecule has 6 heteroatoms. The van der Waals surface area contributed by atoms with Gasteiger partial charge in [-0.2, -0.15) is 0 Å². The van der Waals surface area contributed by atoms with Crippen LogP contribution in [0.25, 0.3) is 0 Å². The molecule has 144 valence electrons. The Morgan fingerprint density at radius 3 is 2.41 bits per heavy atom. The Morgan fingerprint density at radius 2 is 1.78 bits per heavy atom. The highest BCUT2D eigenvalue weighted by Crippen LogP contribution is 2.19. The molecular weight excluding hydrogens is 362 g/mol. The van der Waals surface area contributed by atoms with Crippen molar-refractivity contribution in [2.24, 2.45) is 0 Å². The minimum absolute atomic E-state index is 0.00813. The predicted octanol–water partition coefficient (Wildman–Crippen LogP) is 4.26. The maximum absolute atomic E-state index is 12.5. The number of aromatic hydroxyl groups is 1. The molecule has 2 aromatic rings. The third-order valence-electron chi connectivity index (χ3n) is 4.85. The summed E-state index contributed by atoms with van der Waals surface area (Å²) in [6, 6.07) is 15.2. The smallest absolute Gasteiger partial charge is 0.317 e. The van der Waals surface area contributed by atoms with Crippen LogP contribution in [-0.4, -0.2) is 41.2 Å². The van der Waals surface area contributed by atoms with Crippen molar-refractivity contribution in [1.29, 1.82) is 0 Å². The standard InChI is InChI=1S/C21H26ClN3O2/c1-15(14-16-2-8-20(26)9-3-16)23-21(27)25-12-10-19(11-13-25)24-18-6-4-17(22)5-7-18/h2-9,15,19,24,26H,10-14H2,1H3,(H,23,27). The SMILES string of the molecule is CC(Cc1ccc(O)cc1)NC(=O)N1CCC(Nc2ccc(Cl)cc2)CC1. The van der Waals surface area contributed by atoms with Gasteiger partial charge >= 0.3 is 6.03 Å². The Bertz CT molecular complexity index is 741. The van der Waals surface area contributed by atoms with Gasteiger partial charge in [-0.05, 0) is 68.1 Å². The Balaban J connectivity index is 1.42. The van der Waals surface area contributed by atoms with Crippen LogP contribution < -0.4 is 10.6 Å². The summed E-state index contributed by atoms with van der Waals surface area (Å²) in [6.45, 7) is 3.48. The van der Waals surface area contributed by atoms with Gasteiger partial charge in [-0.15, -0.1) is 0 Å². The number of phenols is 1. The van der Waals surface area contributed by atoms with Crippen LogP contribution in [0.4, 0.5) is 10.5 Å². The Hall–Kier alpha value is -2.40. The van der Waals surface area contributed by atoms with Crippen LogP contribution in [0.1, 0.15) is 25.3 Å². The van der Waals surface area contributed by atoms with Crippen molar-refractivity contribution in [1.82, 2.24) is 10.2 Å². The van der Waals surface area contributed by atoms with Crippen LogP contribution in [0.15, 0.2) is 48.5 Å². The second-order valence-electron chi connectivity index (χ2n) is 7.13. The number of halogens is 1. The lowest BCUT2D eigenvalue weighted by Crippen LogP contribution is -2.49. The summed E-state index contributed by atoms with van der Waals surface area (Å²) < 4.78 is 0. The van der Waals surface area contributed by atoms with E-state index in [1.807, 2.05) is 48.2 Å². The van der Waals surface area contributed by atoms with Gasteiger partial charge in [0, 0.05) is 35.9 Å². The van der Waals surface area contributed by atoms with E-state index in [9.17, 15) is 9.90 Å². The highest BCUT2D eigenvalue weighted by Gasteiger charge is 2.23. The number of urea groups is 1. The number of nitrogens with zero attached hydrogens (tertiary/aromatic N) is 1. The fourth-order valence-electron chi connectivity index (χ4n) is 3.35. The molecule has 3 N–H and O–H groups in total. The van der Waals surface area contributed by atoms with Gasteiger partial charge in [0.2, 0.25) is 0 Å². The second-order valence-corrected chi connectivity index (χ2v) is 7.57. The first-order valence-corrected chi connectivity index (χ1v) is 9.73. The Morgan fingerprint density at radius 1 is 1.15 bits per heavy atom. The molecule has 1 aliphatic rings. The normalized spacial score (nSPS) is 16.0. The molecule has 0 saturated carbocycles. The van der Waals surface area contributed by atoms with Crippen molar-refractivity contribution < 1.29 is 9.90 Å². The van der Waals surface area contributed by atoms with Crippen LogP contribution in [0.2, 0.25) is 5.02 Å². The maximum Gasteiger partial charge on any atom is 0.317 e. The molecule has 1 heterocycles. The van der Waals surface area contributed by atoms with E-state index in [-0.39, 0.29) is 17.8 Å². The van der Waals surface area contributed by atoms with E-state index >= 15 is 0 Å². The molecule has 0 spiro atoms. The number of phenolic OH excluding ortho intramolecular Hbond substituents is 1. The number of piperidine rings is 1. The summed E-state index contributed by atoms with van der Waals surface area (Å²) in [7, 11) is 0. The van der Waals surface area contributed by atoms with Crippen molar-refractivity contribution in [2.75, 3.05) is 18.4 Å². The predicted molar refractivity (Wildman–Crippen MR) is 109 cm³/mol. The van der Waals surface area contributed by atoms with E-state index in [2.05, 4.69) is 10.6 Å². The van der Waals surface area contributed by atoms with E-state index < -0.39 is 0 Å². The minimum atomic E-state index is -0.00813. The van der Waals surface area contributed by atoms with Gasteiger partial charge in [0.1, 0.15) is 5.75 Å². The zero-order valence-corrected chi connectivity index (χ0v) is 16.2. The number of hydrogen-bond donors (Lipinski definition) is 3. The summed E-state index contributed by atoms with van der Waals surface area (Å²) in [4.78, 5) is 14.4. The molecule has 27 heavy (non-hydrogen) atoms. The largest absolute Gasteiger partial charge is 0.508 e. The molecule has 1 saturated heterocycles. The molecule has 3 rings (SSSR count). The highest BCUT2D eigenvalue weighted by molar-refractivity contribution is 6.30. The van der Waals surface area contributed by atoms with Crippen molar-refractivity contribution >= 4 is 23.3 Å². The molecule has 0 bridgehead atoms. The zero-order chi connectivity index (χ0) is 19.2. The molecule has 0 radical (unpaired) electrons. The summed E-state index contributed by atoms with van der Waals surface area (Å²) in [5.74, 6) is 0.255. The van der Waals surface area contributed by atoms with Crippen LogP contribution in [0, 0.1) is 0 Å². The molecule has 1 atom stereocenters. The Labute approximate surface area is 165 Å². The van der Waals surface area contributed by atoms with E-state index in [4.69, 9.17) is 11.6 Å². The number of anilines is 1. The molecule has 1 aliphatic heterocycles. The number of rotatable bonds is 5. The van der Waals surface area contributed by atoms with Gasteiger partial charge in [-0.25, -0.2) is 4.79 Å². The molecule has 2 amide bonds. The van der Waals surface area contributed by atoms with Crippen LogP contribution in [0.5, 0.6) is 5.75 Å². The van der Waals surface area contributed by atoms with Gasteiger partial charge < -0.3 is 20.6 Å². The second kappa shape index (κ2) is 9.00. The average Bonchev–Trinajstić information content (AvgIpc) is 2.66. The van der Waals surface area contributed by atoms with Gasteiger partial charge in [-0.1, -0.05) is 23.7 Å². The zero-order valence-electron chi connectivity index (χ0n) is 15.5. The summed E-state index contributed by atoms with van der Waals surface area (Å²) >= 11 is 5.92. The van der Waals surface area contributed by atoms with Crippen molar-refractivity contribution in [3.05, 3.63) is 59.1 Å². The third kappa shape index (κ3) is 5.79. The Kier molecular flexibility index (Phi) is 6.45. The van der Waals surface area contributed by atoms with E-state index in [1.165, 1.54) is 0 Å². The first-order chi connectivity index (χ1) is 13.0. The molecule has 2 aromatic carbocycles. The third-order valence-corrected chi connectivity index (χ3v) is 5.10. The number of carbonyl (C=O) groups is 1. The average molecular weight is 388 g/mol. The van der Waals surface area contributed by atoms with Crippen LogP contribution in [0.3, 0.4) is 0 Å². The number of likely N-dealkylation sites (tertiary alicyclic amines) is 1. The fraction of sp³-hybridized carbons (Fsp3) is 0.381. The fourth-order valence-corrected chi connectivity index (χ4v) is 3.47. The van der Waals surface area contributed by atoms with Crippen LogP contribution in [-0.2, 0) is 6.42 Å². The van der Waals surface area contributed by atoms with Gasteiger partial charge in [-0.3, -0.25) is 0 Å². The number of amides is 2. The molecule has 0 aliphatic carbocycles. The minimum Gasteiger partial charge on any atom is -0.508 e. The lowest BCUT2D eigenvalue weighted by atomic mass is 10.0. The summed E-state index contributed by atoms with van der Waals surface area (Å²) in [6.07, 6.45) is 2.57. The van der Waals surface area contributed by atoms with E-state index in [1.54, 1.807) is 12.1 Å². The summed E-state index contributed by atoms with van der Waals surface area (Å²) in [5, 5.41) is 16.7. The quantitative estimate of drug-likeness (QED) is 0.718. The first-order valence-electron chi connectivity index (χ1n) is 9.35. The van der Waals surface area contributed by atoms with Gasteiger partial charge in [0.15, 0.2) is 0 Å². The number of hydrogen-bond acceptors (Lipinski definition) is 3. The molecule has 5 nitrogen and oxygen atoms in total. The van der Waals surface area contributed by atoms with Gasteiger partial charge in [0.25, 0.3) is 0 Å². The van der Waals surface area contributed by atoms with Crippen LogP contribution >= 0.6 is 11.6 Å². The maximum atomic E-state index is 12.5. The monoisotopic (exact) mass is 387 g/mol. The number of carbonyl (C=O) groups excluding carboxylic acids is 1. The molecule has 1 fully saturated rings. The lowest BCUT2D eigenvalue weighted by molar-refractivity contribution is 0.180. The molecular formula is C21H26ClN3O2. The number of nitrogens with one attached hydrogen (secondary N) is 2. The topological polar surface area (TPSA) is 64.6 Å². The van der Waals surface area contributed by atoms with Gasteiger partial charge in [0.05, 0.1) is 0 Å². The van der Waals surface area contributed by atoms with E-state index in [0.717, 1.165) is 48.6 Å². The lowest BCUT2D eigenvalue weighted by Gasteiger charge is -2.33. The highest BCUT2D eigenvalue weighted by atomic mass is 35.5. The van der Waals surface area contributed by atoms with Crippen molar-refractivity contribution in [2.45, 2.75) is 38.3 Å². The number of benzene rings is 2. The summed E-state index contributed by atoms with van der Waals surface area (Å²) in [5.41, 5.74) is 2.15. The molecule has 0 aromatic heterocycles. The molecule has 1 unspecified atom stereocenters. The van der Waals surface area contributed by atoms with E-state index in [0.29, 0.717) is 6.04 Å². The first kappa shape index (κ1) is 19.4. The van der Waals surface area contributed by atoms with Crippen molar-refractivity contribution in [3.63, 3.8) is 0 Å². The van der Waals surface area contributed by atoms with Crippen molar-refractivity contribution in [3.8, 4) is 5.75 Å².